The number of H-pyrrole nitrogens is 1. The lowest BCUT2D eigenvalue weighted by molar-refractivity contribution is 0.315. The first-order valence-corrected chi connectivity index (χ1v) is 7.81. The lowest BCUT2D eigenvalue weighted by Gasteiger charge is -2.25. The Kier molecular flexibility index (Phi) is 3.96. The van der Waals surface area contributed by atoms with Gasteiger partial charge in [-0.1, -0.05) is 22.4 Å². The Morgan fingerprint density at radius 1 is 1.40 bits per heavy atom. The fraction of sp³-hybridized carbons (Fsp3) is 0.400. The molecule has 4 N–H and O–H groups in total. The molecule has 3 rings (SSSR count). The number of fused-ring (bicyclic) bond motifs is 1. The molecule has 1 aliphatic carbocycles. The third kappa shape index (κ3) is 3.15. The van der Waals surface area contributed by atoms with Crippen molar-refractivity contribution in [1.82, 2.24) is 10.3 Å². The van der Waals surface area contributed by atoms with Gasteiger partial charge < -0.3 is 16.0 Å². The largest absolute Gasteiger partial charge is 0.370 e. The summed E-state index contributed by atoms with van der Waals surface area (Å²) in [5.74, 6) is 1.32. The minimum absolute atomic E-state index is 0.539. The van der Waals surface area contributed by atoms with Crippen molar-refractivity contribution in [2.45, 2.75) is 25.8 Å². The number of rotatable bonds is 4. The molecule has 106 valence electrons. The number of aromatic amines is 1. The maximum absolute atomic E-state index is 5.88. The summed E-state index contributed by atoms with van der Waals surface area (Å²) in [6.07, 6.45) is 3.99. The third-order valence-electron chi connectivity index (χ3n) is 3.85. The van der Waals surface area contributed by atoms with Crippen molar-refractivity contribution < 1.29 is 0 Å². The molecule has 1 aliphatic rings. The van der Waals surface area contributed by atoms with Crippen LogP contribution in [0.15, 0.2) is 33.7 Å². The Bertz CT molecular complexity index is 628. The van der Waals surface area contributed by atoms with Crippen LogP contribution in [0, 0.1) is 5.92 Å². The third-order valence-corrected chi connectivity index (χ3v) is 4.35. The number of hydrogen-bond donors (Lipinski definition) is 3. The molecule has 2 aromatic rings. The van der Waals surface area contributed by atoms with E-state index in [9.17, 15) is 0 Å². The molecule has 0 radical (unpaired) electrons. The molecular formula is C15H19BrN4. The number of halogens is 1. The second-order valence-corrected chi connectivity index (χ2v) is 6.32. The van der Waals surface area contributed by atoms with E-state index in [0.717, 1.165) is 28.1 Å². The highest BCUT2D eigenvalue weighted by Crippen LogP contribution is 2.25. The van der Waals surface area contributed by atoms with Crippen molar-refractivity contribution in [1.29, 1.82) is 0 Å². The molecule has 0 bridgehead atoms. The molecule has 0 aliphatic heterocycles. The first-order chi connectivity index (χ1) is 9.70. The predicted molar refractivity (Wildman–Crippen MR) is 86.7 cm³/mol. The molecule has 1 saturated carbocycles. The molecular weight excluding hydrogens is 316 g/mol. The van der Waals surface area contributed by atoms with Gasteiger partial charge in [-0.2, -0.15) is 0 Å². The van der Waals surface area contributed by atoms with E-state index < -0.39 is 0 Å². The second-order valence-electron chi connectivity index (χ2n) is 5.41. The smallest absolute Gasteiger partial charge is 0.188 e. The maximum Gasteiger partial charge on any atom is 0.188 e. The number of aliphatic imine (C=N–C) groups is 1. The van der Waals surface area contributed by atoms with Gasteiger partial charge in [0.2, 0.25) is 0 Å². The molecule has 1 heterocycles. The van der Waals surface area contributed by atoms with E-state index in [2.05, 4.69) is 49.4 Å². The minimum atomic E-state index is 0.539. The van der Waals surface area contributed by atoms with Crippen LogP contribution < -0.4 is 11.1 Å². The maximum atomic E-state index is 5.88. The van der Waals surface area contributed by atoms with E-state index in [1.807, 2.05) is 6.07 Å². The summed E-state index contributed by atoms with van der Waals surface area (Å²) in [6.45, 7) is 1.53. The quantitative estimate of drug-likeness (QED) is 0.594. The molecule has 0 saturated heterocycles. The molecule has 0 amide bonds. The Morgan fingerprint density at radius 3 is 3.00 bits per heavy atom. The molecule has 0 unspecified atom stereocenters. The SMILES string of the molecule is NC(=NCc1cc2cc(Br)ccc2[nH]1)NCC1CCC1. The van der Waals surface area contributed by atoms with Gasteiger partial charge in [-0.3, -0.25) is 0 Å². The molecule has 5 heteroatoms. The average Bonchev–Trinajstić information content (AvgIpc) is 2.76. The summed E-state index contributed by atoms with van der Waals surface area (Å²) in [5.41, 5.74) is 8.08. The zero-order valence-corrected chi connectivity index (χ0v) is 12.9. The number of hydrogen-bond acceptors (Lipinski definition) is 1. The van der Waals surface area contributed by atoms with E-state index in [1.54, 1.807) is 0 Å². The lowest BCUT2D eigenvalue weighted by atomic mass is 9.85. The van der Waals surface area contributed by atoms with Crippen molar-refractivity contribution >= 4 is 32.8 Å². The number of guanidine groups is 1. The van der Waals surface area contributed by atoms with Crippen LogP contribution in [0.4, 0.5) is 0 Å². The van der Waals surface area contributed by atoms with Gasteiger partial charge in [-0.15, -0.1) is 0 Å². The van der Waals surface area contributed by atoms with Crippen molar-refractivity contribution in [2.24, 2.45) is 16.6 Å². The number of nitrogens with zero attached hydrogens (tertiary/aromatic N) is 1. The Morgan fingerprint density at radius 2 is 2.25 bits per heavy atom. The van der Waals surface area contributed by atoms with Gasteiger partial charge >= 0.3 is 0 Å². The van der Waals surface area contributed by atoms with E-state index >= 15 is 0 Å². The number of nitrogens with two attached hydrogens (primary N) is 1. The highest BCUT2D eigenvalue weighted by atomic mass is 79.9. The fourth-order valence-electron chi connectivity index (χ4n) is 2.42. The van der Waals surface area contributed by atoms with E-state index in [4.69, 9.17) is 5.73 Å². The van der Waals surface area contributed by atoms with Crippen molar-refractivity contribution in [3.63, 3.8) is 0 Å². The summed E-state index contributed by atoms with van der Waals surface area (Å²) < 4.78 is 1.08. The highest BCUT2D eigenvalue weighted by molar-refractivity contribution is 9.10. The molecule has 1 aromatic heterocycles. The van der Waals surface area contributed by atoms with Gasteiger partial charge in [0.1, 0.15) is 0 Å². The van der Waals surface area contributed by atoms with Gasteiger partial charge in [0.15, 0.2) is 5.96 Å². The van der Waals surface area contributed by atoms with Crippen LogP contribution in [0.5, 0.6) is 0 Å². The minimum Gasteiger partial charge on any atom is -0.370 e. The van der Waals surface area contributed by atoms with Gasteiger partial charge in [-0.25, -0.2) is 4.99 Å². The molecule has 0 spiro atoms. The normalized spacial score (nSPS) is 16.4. The van der Waals surface area contributed by atoms with Crippen LogP contribution in [0.3, 0.4) is 0 Å². The number of aromatic nitrogens is 1. The van der Waals surface area contributed by atoms with Crippen LogP contribution in [0.2, 0.25) is 0 Å². The van der Waals surface area contributed by atoms with Crippen molar-refractivity contribution in [3.05, 3.63) is 34.4 Å². The first-order valence-electron chi connectivity index (χ1n) is 7.01. The van der Waals surface area contributed by atoms with Crippen LogP contribution in [0.25, 0.3) is 10.9 Å². The van der Waals surface area contributed by atoms with Gasteiger partial charge in [0.25, 0.3) is 0 Å². The van der Waals surface area contributed by atoms with Crippen LogP contribution in [-0.4, -0.2) is 17.5 Å². The standard InChI is InChI=1S/C15H19BrN4/c16-12-4-5-14-11(6-12)7-13(20-14)9-19-15(17)18-8-10-2-1-3-10/h4-7,10,20H,1-3,8-9H2,(H3,17,18,19). The van der Waals surface area contributed by atoms with E-state index in [1.165, 1.54) is 24.6 Å². The Hall–Kier alpha value is -1.49. The van der Waals surface area contributed by atoms with Gasteiger partial charge in [-0.05, 0) is 43.0 Å². The molecule has 0 atom stereocenters. The first kappa shape index (κ1) is 13.5. The summed E-state index contributed by atoms with van der Waals surface area (Å²) in [4.78, 5) is 7.74. The van der Waals surface area contributed by atoms with E-state index in [0.29, 0.717) is 12.5 Å². The molecule has 4 nitrogen and oxygen atoms in total. The second kappa shape index (κ2) is 5.87. The Balaban J connectivity index is 1.60. The molecule has 20 heavy (non-hydrogen) atoms. The summed E-state index contributed by atoms with van der Waals surface area (Å²) in [6, 6.07) is 8.30. The van der Waals surface area contributed by atoms with Crippen molar-refractivity contribution in [2.75, 3.05) is 6.54 Å². The number of benzene rings is 1. The van der Waals surface area contributed by atoms with Crippen LogP contribution >= 0.6 is 15.9 Å². The zero-order chi connectivity index (χ0) is 13.9. The van der Waals surface area contributed by atoms with E-state index in [-0.39, 0.29) is 0 Å². The zero-order valence-electron chi connectivity index (χ0n) is 11.3. The molecule has 1 fully saturated rings. The lowest BCUT2D eigenvalue weighted by Crippen LogP contribution is -2.37. The summed E-state index contributed by atoms with van der Waals surface area (Å²) >= 11 is 3.48. The topological polar surface area (TPSA) is 66.2 Å². The van der Waals surface area contributed by atoms with Gasteiger partial charge in [0.05, 0.1) is 6.54 Å². The summed E-state index contributed by atoms with van der Waals surface area (Å²) in [7, 11) is 0. The average molecular weight is 335 g/mol. The Labute approximate surface area is 127 Å². The van der Waals surface area contributed by atoms with Crippen molar-refractivity contribution in [3.8, 4) is 0 Å². The number of nitrogens with one attached hydrogen (secondary N) is 2. The fourth-order valence-corrected chi connectivity index (χ4v) is 2.80. The van der Waals surface area contributed by atoms with Gasteiger partial charge in [0, 0.05) is 27.6 Å². The molecule has 1 aromatic carbocycles. The monoisotopic (exact) mass is 334 g/mol. The predicted octanol–water partition coefficient (Wildman–Crippen LogP) is 3.13. The summed E-state index contributed by atoms with van der Waals surface area (Å²) in [5, 5.41) is 4.39. The van der Waals surface area contributed by atoms with Crippen LogP contribution in [-0.2, 0) is 6.54 Å². The highest BCUT2D eigenvalue weighted by Gasteiger charge is 2.16. The van der Waals surface area contributed by atoms with Crippen LogP contribution in [0.1, 0.15) is 25.0 Å².